The van der Waals surface area contributed by atoms with E-state index in [9.17, 15) is 9.59 Å². The third-order valence-corrected chi connectivity index (χ3v) is 3.81. The number of rotatable bonds is 4. The van der Waals surface area contributed by atoms with Crippen molar-refractivity contribution in [2.24, 2.45) is 17.3 Å². The molecule has 2 atom stereocenters. The molecule has 0 aromatic heterocycles. The Balaban J connectivity index is 2.43. The van der Waals surface area contributed by atoms with E-state index in [0.717, 1.165) is 19.5 Å². The summed E-state index contributed by atoms with van der Waals surface area (Å²) in [5.74, 6) is -0.250. The molecule has 1 N–H and O–H groups in total. The zero-order valence-corrected chi connectivity index (χ0v) is 11.9. The number of hydrogen-bond donors (Lipinski definition) is 1. The number of amides is 1. The fourth-order valence-corrected chi connectivity index (χ4v) is 2.49. The molecule has 0 radical (unpaired) electrons. The van der Waals surface area contributed by atoms with E-state index in [1.54, 1.807) is 0 Å². The molecule has 0 saturated carbocycles. The van der Waals surface area contributed by atoms with Gasteiger partial charge in [0.05, 0.1) is 0 Å². The first-order valence-corrected chi connectivity index (χ1v) is 6.69. The number of likely N-dealkylation sites (tertiary alicyclic amines) is 1. The topological polar surface area (TPSA) is 57.6 Å². The van der Waals surface area contributed by atoms with Gasteiger partial charge in [-0.2, -0.15) is 0 Å². The van der Waals surface area contributed by atoms with Crippen molar-refractivity contribution in [1.82, 2.24) is 4.90 Å². The van der Waals surface area contributed by atoms with Crippen LogP contribution in [0.5, 0.6) is 0 Å². The molecule has 1 fully saturated rings. The van der Waals surface area contributed by atoms with Crippen LogP contribution in [0.15, 0.2) is 0 Å². The van der Waals surface area contributed by atoms with Crippen molar-refractivity contribution in [2.75, 3.05) is 13.1 Å². The molecular weight excluding hydrogens is 230 g/mol. The fourth-order valence-electron chi connectivity index (χ4n) is 2.49. The Bertz CT molecular complexity index is 319. The lowest BCUT2D eigenvalue weighted by molar-refractivity contribution is -0.138. The van der Waals surface area contributed by atoms with Gasteiger partial charge >= 0.3 is 5.97 Å². The standard InChI is InChI=1S/C14H25NO3/c1-10(8-13(17)18)7-12(16)15-6-5-11(9-15)14(2,3)4/h10-11H,5-9H2,1-4H3,(H,17,18). The summed E-state index contributed by atoms with van der Waals surface area (Å²) in [5, 5.41) is 8.69. The first kappa shape index (κ1) is 15.0. The van der Waals surface area contributed by atoms with Crippen LogP contribution in [0.1, 0.15) is 47.0 Å². The Kier molecular flexibility index (Phi) is 4.77. The second-order valence-electron chi connectivity index (χ2n) is 6.60. The first-order chi connectivity index (χ1) is 8.20. The molecule has 4 nitrogen and oxygen atoms in total. The van der Waals surface area contributed by atoms with Crippen molar-refractivity contribution in [3.63, 3.8) is 0 Å². The van der Waals surface area contributed by atoms with Gasteiger partial charge in [-0.05, 0) is 23.7 Å². The zero-order valence-electron chi connectivity index (χ0n) is 11.9. The van der Waals surface area contributed by atoms with Crippen LogP contribution in [-0.4, -0.2) is 35.0 Å². The van der Waals surface area contributed by atoms with Crippen LogP contribution in [0.4, 0.5) is 0 Å². The summed E-state index contributed by atoms with van der Waals surface area (Å²) < 4.78 is 0. The number of aliphatic carboxylic acids is 1. The Hall–Kier alpha value is -1.06. The second kappa shape index (κ2) is 5.72. The van der Waals surface area contributed by atoms with Gasteiger partial charge in [-0.25, -0.2) is 0 Å². The van der Waals surface area contributed by atoms with Crippen molar-refractivity contribution in [2.45, 2.75) is 47.0 Å². The maximum absolute atomic E-state index is 12.0. The number of carbonyl (C=O) groups excluding carboxylic acids is 1. The monoisotopic (exact) mass is 255 g/mol. The first-order valence-electron chi connectivity index (χ1n) is 6.69. The average molecular weight is 255 g/mol. The van der Waals surface area contributed by atoms with Crippen LogP contribution in [0.25, 0.3) is 0 Å². The SMILES string of the molecule is CC(CC(=O)O)CC(=O)N1CCC(C(C)(C)C)C1. The van der Waals surface area contributed by atoms with Gasteiger partial charge in [0.15, 0.2) is 0 Å². The van der Waals surface area contributed by atoms with E-state index in [2.05, 4.69) is 20.8 Å². The Labute approximate surface area is 109 Å². The molecule has 1 rings (SSSR count). The summed E-state index contributed by atoms with van der Waals surface area (Å²) in [6, 6.07) is 0. The van der Waals surface area contributed by atoms with E-state index in [-0.39, 0.29) is 23.7 Å². The third kappa shape index (κ3) is 4.31. The maximum Gasteiger partial charge on any atom is 0.303 e. The lowest BCUT2D eigenvalue weighted by Crippen LogP contribution is -2.32. The molecule has 2 unspecified atom stereocenters. The number of nitrogens with zero attached hydrogens (tertiary/aromatic N) is 1. The number of hydrogen-bond acceptors (Lipinski definition) is 2. The third-order valence-electron chi connectivity index (χ3n) is 3.81. The molecule has 0 spiro atoms. The smallest absolute Gasteiger partial charge is 0.303 e. The van der Waals surface area contributed by atoms with Gasteiger partial charge in [-0.1, -0.05) is 27.7 Å². The van der Waals surface area contributed by atoms with E-state index >= 15 is 0 Å². The minimum absolute atomic E-state index is 0.0717. The molecule has 1 aliphatic heterocycles. The van der Waals surface area contributed by atoms with Gasteiger partial charge < -0.3 is 10.0 Å². The highest BCUT2D eigenvalue weighted by Gasteiger charge is 2.33. The van der Waals surface area contributed by atoms with Gasteiger partial charge in [-0.3, -0.25) is 9.59 Å². The summed E-state index contributed by atoms with van der Waals surface area (Å²) in [6.07, 6.45) is 1.48. The van der Waals surface area contributed by atoms with E-state index in [4.69, 9.17) is 5.11 Å². The van der Waals surface area contributed by atoms with Crippen LogP contribution in [0.2, 0.25) is 0 Å². The molecule has 1 saturated heterocycles. The molecular formula is C14H25NO3. The van der Waals surface area contributed by atoms with Gasteiger partial charge in [-0.15, -0.1) is 0 Å². The molecule has 0 bridgehead atoms. The Morgan fingerprint density at radius 2 is 1.94 bits per heavy atom. The lowest BCUT2D eigenvalue weighted by Gasteiger charge is -2.27. The van der Waals surface area contributed by atoms with E-state index < -0.39 is 5.97 Å². The number of carboxylic acid groups (broad SMARTS) is 1. The number of carboxylic acids is 1. The van der Waals surface area contributed by atoms with Crippen LogP contribution in [0, 0.1) is 17.3 Å². The molecule has 18 heavy (non-hydrogen) atoms. The van der Waals surface area contributed by atoms with Gasteiger partial charge in [0.2, 0.25) is 5.91 Å². The Morgan fingerprint density at radius 3 is 2.39 bits per heavy atom. The lowest BCUT2D eigenvalue weighted by atomic mass is 9.80. The minimum atomic E-state index is -0.829. The Morgan fingerprint density at radius 1 is 1.33 bits per heavy atom. The van der Waals surface area contributed by atoms with Gasteiger partial charge in [0.25, 0.3) is 0 Å². The molecule has 1 heterocycles. The molecule has 104 valence electrons. The molecule has 1 amide bonds. The van der Waals surface area contributed by atoms with Crippen molar-refractivity contribution < 1.29 is 14.7 Å². The van der Waals surface area contributed by atoms with Gasteiger partial charge in [0.1, 0.15) is 0 Å². The fraction of sp³-hybridized carbons (Fsp3) is 0.857. The maximum atomic E-state index is 12.0. The van der Waals surface area contributed by atoms with E-state index in [0.29, 0.717) is 12.3 Å². The quantitative estimate of drug-likeness (QED) is 0.839. The van der Waals surface area contributed by atoms with E-state index in [1.165, 1.54) is 0 Å². The van der Waals surface area contributed by atoms with Crippen LogP contribution in [0.3, 0.4) is 0 Å². The van der Waals surface area contributed by atoms with E-state index in [1.807, 2.05) is 11.8 Å². The van der Waals surface area contributed by atoms with Crippen molar-refractivity contribution in [3.8, 4) is 0 Å². The number of carbonyl (C=O) groups is 2. The van der Waals surface area contributed by atoms with Crippen LogP contribution >= 0.6 is 0 Å². The van der Waals surface area contributed by atoms with Crippen molar-refractivity contribution in [3.05, 3.63) is 0 Å². The highest BCUT2D eigenvalue weighted by Crippen LogP contribution is 2.33. The minimum Gasteiger partial charge on any atom is -0.481 e. The summed E-state index contributed by atoms with van der Waals surface area (Å²) in [5.41, 5.74) is 0.238. The predicted molar refractivity (Wildman–Crippen MR) is 70.2 cm³/mol. The summed E-state index contributed by atoms with van der Waals surface area (Å²) >= 11 is 0. The van der Waals surface area contributed by atoms with Crippen molar-refractivity contribution >= 4 is 11.9 Å². The average Bonchev–Trinajstić information content (AvgIpc) is 2.63. The molecule has 0 aromatic rings. The van der Waals surface area contributed by atoms with Gasteiger partial charge in [0, 0.05) is 25.9 Å². The summed E-state index contributed by atoms with van der Waals surface area (Å²) in [4.78, 5) is 24.5. The zero-order chi connectivity index (χ0) is 13.9. The molecule has 0 aromatic carbocycles. The summed E-state index contributed by atoms with van der Waals surface area (Å²) in [7, 11) is 0. The van der Waals surface area contributed by atoms with Crippen molar-refractivity contribution in [1.29, 1.82) is 0 Å². The second-order valence-corrected chi connectivity index (χ2v) is 6.60. The summed E-state index contributed by atoms with van der Waals surface area (Å²) in [6.45, 7) is 10.1. The molecule has 0 aliphatic carbocycles. The normalized spacial score (nSPS) is 22.0. The molecule has 4 heteroatoms. The van der Waals surface area contributed by atoms with Crippen LogP contribution in [-0.2, 0) is 9.59 Å². The molecule has 1 aliphatic rings. The van der Waals surface area contributed by atoms with Crippen LogP contribution < -0.4 is 0 Å². The highest BCUT2D eigenvalue weighted by atomic mass is 16.4. The largest absolute Gasteiger partial charge is 0.481 e. The highest BCUT2D eigenvalue weighted by molar-refractivity contribution is 5.77. The predicted octanol–water partition coefficient (Wildman–Crippen LogP) is 2.38.